The van der Waals surface area contributed by atoms with Crippen LogP contribution in [0.5, 0.6) is 0 Å². The molecule has 0 atom stereocenters. The van der Waals surface area contributed by atoms with Crippen LogP contribution in [0.15, 0.2) is 126 Å². The second kappa shape index (κ2) is 10.5. The predicted octanol–water partition coefficient (Wildman–Crippen LogP) is 9.04. The number of rotatable bonds is 5. The number of allylic oxidation sites excluding steroid dienone is 4. The second-order valence-corrected chi connectivity index (χ2v) is 9.90. The number of aromatic nitrogens is 3. The number of benzene rings is 4. The number of halogens is 1. The zero-order valence-electron chi connectivity index (χ0n) is 20.2. The molecule has 0 bridgehead atoms. The van der Waals surface area contributed by atoms with E-state index in [1.54, 1.807) is 0 Å². The molecule has 0 unspecified atom stereocenters. The molecule has 1 heterocycles. The topological polar surface area (TPSA) is 38.7 Å². The highest BCUT2D eigenvalue weighted by Gasteiger charge is 2.13. The Labute approximate surface area is 225 Å². The van der Waals surface area contributed by atoms with Gasteiger partial charge in [0.2, 0.25) is 0 Å². The zero-order valence-corrected chi connectivity index (χ0v) is 21.8. The van der Waals surface area contributed by atoms with Crippen molar-refractivity contribution in [2.24, 2.45) is 0 Å². The lowest BCUT2D eigenvalue weighted by atomic mass is 9.98. The van der Waals surface area contributed by atoms with E-state index in [4.69, 9.17) is 15.0 Å². The van der Waals surface area contributed by atoms with Crippen molar-refractivity contribution in [2.45, 2.75) is 12.8 Å². The van der Waals surface area contributed by atoms with E-state index in [-0.39, 0.29) is 0 Å². The lowest BCUT2D eigenvalue weighted by molar-refractivity contribution is 1.04. The monoisotopic (exact) mass is 541 g/mol. The molecule has 1 aliphatic carbocycles. The summed E-state index contributed by atoms with van der Waals surface area (Å²) in [4.78, 5) is 14.7. The number of nitrogens with zero attached hydrogens (tertiary/aromatic N) is 3. The molecule has 4 heteroatoms. The molecular formula is C33H24BrN3. The van der Waals surface area contributed by atoms with Gasteiger partial charge in [-0.15, -0.1) is 0 Å². The van der Waals surface area contributed by atoms with E-state index < -0.39 is 0 Å². The fourth-order valence-electron chi connectivity index (χ4n) is 4.50. The van der Waals surface area contributed by atoms with Crippen LogP contribution in [-0.4, -0.2) is 15.0 Å². The van der Waals surface area contributed by atoms with E-state index in [9.17, 15) is 0 Å². The Hall–Kier alpha value is -4.15. The molecule has 0 radical (unpaired) electrons. The van der Waals surface area contributed by atoms with Gasteiger partial charge in [-0.05, 0) is 53.3 Å². The Kier molecular flexibility index (Phi) is 6.57. The molecule has 6 rings (SSSR count). The third-order valence-corrected chi connectivity index (χ3v) is 6.91. The Morgan fingerprint density at radius 3 is 1.73 bits per heavy atom. The Morgan fingerprint density at radius 1 is 0.486 bits per heavy atom. The minimum atomic E-state index is 0.655. The van der Waals surface area contributed by atoms with Crippen molar-refractivity contribution in [3.8, 4) is 45.3 Å². The Balaban J connectivity index is 1.44. The minimum absolute atomic E-state index is 0.655. The van der Waals surface area contributed by atoms with Crippen LogP contribution in [0.1, 0.15) is 18.4 Å². The van der Waals surface area contributed by atoms with Crippen LogP contribution >= 0.6 is 15.9 Å². The van der Waals surface area contributed by atoms with Crippen LogP contribution in [0.2, 0.25) is 0 Å². The van der Waals surface area contributed by atoms with Gasteiger partial charge in [0, 0.05) is 21.2 Å². The fraction of sp³-hybridized carbons (Fsp3) is 0.0606. The molecule has 0 saturated carbocycles. The first-order valence-electron chi connectivity index (χ1n) is 12.4. The molecule has 5 aromatic rings. The summed E-state index contributed by atoms with van der Waals surface area (Å²) < 4.78 is 1.05. The van der Waals surface area contributed by atoms with Gasteiger partial charge in [0.1, 0.15) is 0 Å². The summed E-state index contributed by atoms with van der Waals surface area (Å²) in [5.41, 5.74) is 7.60. The molecule has 0 fully saturated rings. The molecule has 1 aromatic heterocycles. The summed E-state index contributed by atoms with van der Waals surface area (Å²) in [5, 5.41) is 0. The summed E-state index contributed by atoms with van der Waals surface area (Å²) in [6.45, 7) is 0. The van der Waals surface area contributed by atoms with E-state index in [0.29, 0.717) is 17.5 Å². The molecule has 3 nitrogen and oxygen atoms in total. The molecule has 4 aromatic carbocycles. The Morgan fingerprint density at radius 2 is 1.05 bits per heavy atom. The van der Waals surface area contributed by atoms with Gasteiger partial charge in [0.15, 0.2) is 17.5 Å². The first-order chi connectivity index (χ1) is 18.2. The summed E-state index contributed by atoms with van der Waals surface area (Å²) >= 11 is 3.58. The van der Waals surface area contributed by atoms with Crippen LogP contribution in [0, 0.1) is 0 Å². The molecule has 0 saturated heterocycles. The highest BCUT2D eigenvalue weighted by Crippen LogP contribution is 2.30. The van der Waals surface area contributed by atoms with Gasteiger partial charge < -0.3 is 0 Å². The van der Waals surface area contributed by atoms with Crippen molar-refractivity contribution in [3.63, 3.8) is 0 Å². The first kappa shape index (κ1) is 23.3. The summed E-state index contributed by atoms with van der Waals surface area (Å²) in [6, 6.07) is 35.2. The third kappa shape index (κ3) is 5.20. The predicted molar refractivity (Wildman–Crippen MR) is 156 cm³/mol. The van der Waals surface area contributed by atoms with Crippen molar-refractivity contribution >= 4 is 21.5 Å². The van der Waals surface area contributed by atoms with E-state index in [1.165, 1.54) is 11.1 Å². The van der Waals surface area contributed by atoms with Crippen LogP contribution in [0.4, 0.5) is 0 Å². The maximum atomic E-state index is 4.93. The molecule has 1 aliphatic rings. The first-order valence-corrected chi connectivity index (χ1v) is 13.2. The van der Waals surface area contributed by atoms with E-state index >= 15 is 0 Å². The smallest absolute Gasteiger partial charge is 0.164 e. The van der Waals surface area contributed by atoms with Gasteiger partial charge in [0.05, 0.1) is 0 Å². The van der Waals surface area contributed by atoms with Crippen molar-refractivity contribution in [3.05, 3.63) is 131 Å². The standard InChI is InChI=1S/C33H24BrN3/c34-30-16-8-14-28(22-30)27-13-7-15-29(21-27)33-36-31(25-11-5-2-6-12-25)35-32(37-33)26-19-17-24(18-20-26)23-9-3-1-4-10-23/h2-3,5-22H,1,4H2. The van der Waals surface area contributed by atoms with Gasteiger partial charge in [-0.3, -0.25) is 0 Å². The molecule has 37 heavy (non-hydrogen) atoms. The molecular weight excluding hydrogens is 518 g/mol. The van der Waals surface area contributed by atoms with E-state index in [0.717, 1.165) is 45.1 Å². The van der Waals surface area contributed by atoms with E-state index in [2.05, 4.69) is 94.8 Å². The van der Waals surface area contributed by atoms with Crippen molar-refractivity contribution in [1.29, 1.82) is 0 Å². The zero-order chi connectivity index (χ0) is 25.0. The quantitative estimate of drug-likeness (QED) is 0.222. The largest absolute Gasteiger partial charge is 0.208 e. The van der Waals surface area contributed by atoms with Gasteiger partial charge in [0.25, 0.3) is 0 Å². The van der Waals surface area contributed by atoms with Crippen molar-refractivity contribution in [1.82, 2.24) is 15.0 Å². The average Bonchev–Trinajstić information content (AvgIpc) is 2.98. The maximum Gasteiger partial charge on any atom is 0.164 e. The minimum Gasteiger partial charge on any atom is -0.208 e. The van der Waals surface area contributed by atoms with Gasteiger partial charge >= 0.3 is 0 Å². The van der Waals surface area contributed by atoms with Crippen LogP contribution < -0.4 is 0 Å². The molecule has 178 valence electrons. The molecule has 0 amide bonds. The fourth-order valence-corrected chi connectivity index (χ4v) is 4.89. The van der Waals surface area contributed by atoms with Crippen LogP contribution in [0.25, 0.3) is 50.9 Å². The van der Waals surface area contributed by atoms with Crippen molar-refractivity contribution in [2.75, 3.05) is 0 Å². The average molecular weight is 542 g/mol. The van der Waals surface area contributed by atoms with Gasteiger partial charge in [-0.1, -0.05) is 119 Å². The second-order valence-electron chi connectivity index (χ2n) is 8.98. The molecule has 0 spiro atoms. The highest BCUT2D eigenvalue weighted by atomic mass is 79.9. The SMILES string of the molecule is Brc1cccc(-c2cccc(-c3nc(-c4ccccc4)nc(-c4ccc(C5=CCCC=C5)cc4)n3)c2)c1. The summed E-state index contributed by atoms with van der Waals surface area (Å²) in [7, 11) is 0. The van der Waals surface area contributed by atoms with Crippen LogP contribution in [-0.2, 0) is 0 Å². The highest BCUT2D eigenvalue weighted by molar-refractivity contribution is 9.10. The number of hydrogen-bond acceptors (Lipinski definition) is 3. The van der Waals surface area contributed by atoms with Crippen LogP contribution in [0.3, 0.4) is 0 Å². The maximum absolute atomic E-state index is 4.93. The lowest BCUT2D eigenvalue weighted by Gasteiger charge is -2.11. The van der Waals surface area contributed by atoms with Crippen molar-refractivity contribution < 1.29 is 0 Å². The molecule has 0 N–H and O–H groups in total. The molecule has 0 aliphatic heterocycles. The summed E-state index contributed by atoms with van der Waals surface area (Å²) in [6.07, 6.45) is 8.92. The van der Waals surface area contributed by atoms with Gasteiger partial charge in [-0.2, -0.15) is 0 Å². The van der Waals surface area contributed by atoms with E-state index in [1.807, 2.05) is 42.5 Å². The number of hydrogen-bond donors (Lipinski definition) is 0. The summed E-state index contributed by atoms with van der Waals surface area (Å²) in [5.74, 6) is 1.98. The third-order valence-electron chi connectivity index (χ3n) is 6.42. The Bertz CT molecular complexity index is 1620. The normalized spacial score (nSPS) is 12.8. The van der Waals surface area contributed by atoms with Gasteiger partial charge in [-0.25, -0.2) is 15.0 Å². The lowest BCUT2D eigenvalue weighted by Crippen LogP contribution is -2.00.